The molecule has 2 atom stereocenters. The van der Waals surface area contributed by atoms with Gasteiger partial charge >= 0.3 is 0 Å². The van der Waals surface area contributed by atoms with E-state index in [0.717, 1.165) is 18.9 Å². The zero-order valence-corrected chi connectivity index (χ0v) is 12.1. The summed E-state index contributed by atoms with van der Waals surface area (Å²) in [5, 5.41) is 1.18. The Kier molecular flexibility index (Phi) is 4.11. The number of carbonyl (C=O) groups is 1. The summed E-state index contributed by atoms with van der Waals surface area (Å²) in [4.78, 5) is 12.4. The van der Waals surface area contributed by atoms with Gasteiger partial charge in [-0.3, -0.25) is 4.79 Å². The van der Waals surface area contributed by atoms with Crippen molar-refractivity contribution in [2.24, 2.45) is 5.92 Å². The molecule has 4 heteroatoms. The van der Waals surface area contributed by atoms with Crippen molar-refractivity contribution in [1.29, 1.82) is 0 Å². The second-order valence-electron chi connectivity index (χ2n) is 5.84. The lowest BCUT2D eigenvalue weighted by Gasteiger charge is -2.38. The highest BCUT2D eigenvalue weighted by Crippen LogP contribution is 2.44. The molecule has 2 bridgehead atoms. The van der Waals surface area contributed by atoms with Gasteiger partial charge in [0, 0.05) is 22.8 Å². The second kappa shape index (κ2) is 5.84. The minimum absolute atomic E-state index is 0.0262. The van der Waals surface area contributed by atoms with Crippen molar-refractivity contribution in [2.75, 3.05) is 0 Å². The third kappa shape index (κ3) is 2.90. The highest BCUT2D eigenvalue weighted by molar-refractivity contribution is 8.00. The fourth-order valence-electron chi connectivity index (χ4n) is 3.34. The minimum atomic E-state index is -0.869. The topological polar surface area (TPSA) is 17.1 Å². The number of halogens is 2. The summed E-state index contributed by atoms with van der Waals surface area (Å²) in [6.45, 7) is 0. The van der Waals surface area contributed by atoms with Crippen LogP contribution in [0.4, 0.5) is 8.78 Å². The minimum Gasteiger partial charge on any atom is -0.299 e. The van der Waals surface area contributed by atoms with E-state index in [0.29, 0.717) is 10.5 Å². The van der Waals surface area contributed by atoms with E-state index in [9.17, 15) is 13.6 Å². The van der Waals surface area contributed by atoms with Crippen LogP contribution >= 0.6 is 11.8 Å². The molecule has 1 nitrogen and oxygen atoms in total. The van der Waals surface area contributed by atoms with E-state index >= 15 is 0 Å². The molecule has 3 rings (SSSR count). The van der Waals surface area contributed by atoms with Gasteiger partial charge in [-0.05, 0) is 37.3 Å². The van der Waals surface area contributed by atoms with Gasteiger partial charge in [0.1, 0.15) is 5.78 Å². The highest BCUT2D eigenvalue weighted by atomic mass is 32.2. The predicted octanol–water partition coefficient (Wildman–Crippen LogP) is 4.14. The maximum absolute atomic E-state index is 13.6. The third-order valence-electron chi connectivity index (χ3n) is 4.38. The molecule has 20 heavy (non-hydrogen) atoms. The molecule has 2 unspecified atom stereocenters. The Morgan fingerprint density at radius 2 is 1.90 bits per heavy atom. The number of thioether (sulfide) groups is 1. The first-order valence-corrected chi connectivity index (χ1v) is 8.19. The number of ketones is 1. The summed E-state index contributed by atoms with van der Waals surface area (Å²) in [5.74, 6) is -1.63. The molecule has 0 aliphatic carbocycles. The Balaban J connectivity index is 1.68. The molecule has 2 aliphatic heterocycles. The van der Waals surface area contributed by atoms with Gasteiger partial charge < -0.3 is 0 Å². The van der Waals surface area contributed by atoms with Crippen LogP contribution < -0.4 is 0 Å². The average molecular weight is 296 g/mol. The first-order valence-electron chi connectivity index (χ1n) is 7.24. The quantitative estimate of drug-likeness (QED) is 0.834. The Labute approximate surface area is 122 Å². The number of fused-ring (bicyclic) bond motifs is 2. The van der Waals surface area contributed by atoms with Gasteiger partial charge in [0.05, 0.1) is 0 Å². The Morgan fingerprint density at radius 3 is 2.60 bits per heavy atom. The van der Waals surface area contributed by atoms with Crippen molar-refractivity contribution < 1.29 is 13.6 Å². The molecule has 1 aromatic rings. The average Bonchev–Trinajstić information content (AvgIpc) is 2.43. The highest BCUT2D eigenvalue weighted by Gasteiger charge is 2.35. The summed E-state index contributed by atoms with van der Waals surface area (Å²) in [5.41, 5.74) is 0.193. The normalized spacial score (nSPS) is 29.2. The largest absolute Gasteiger partial charge is 0.299 e. The first kappa shape index (κ1) is 14.1. The molecule has 0 saturated carbocycles. The van der Waals surface area contributed by atoms with Crippen molar-refractivity contribution in [1.82, 2.24) is 0 Å². The number of hydrogen-bond acceptors (Lipinski definition) is 2. The van der Waals surface area contributed by atoms with E-state index in [-0.39, 0.29) is 23.7 Å². The van der Waals surface area contributed by atoms with Crippen molar-refractivity contribution in [2.45, 2.75) is 49.0 Å². The lowest BCUT2D eigenvalue weighted by Crippen LogP contribution is -2.33. The van der Waals surface area contributed by atoms with E-state index in [1.165, 1.54) is 31.4 Å². The molecule has 2 aliphatic rings. The Bertz CT molecular complexity index is 505. The lowest BCUT2D eigenvalue weighted by molar-refractivity contribution is -0.122. The van der Waals surface area contributed by atoms with Gasteiger partial charge in [-0.15, -0.1) is 0 Å². The number of benzene rings is 1. The molecule has 0 aromatic heterocycles. The van der Waals surface area contributed by atoms with Gasteiger partial charge in [0.15, 0.2) is 11.6 Å². The van der Waals surface area contributed by atoms with Crippen molar-refractivity contribution in [3.8, 4) is 0 Å². The van der Waals surface area contributed by atoms with Crippen LogP contribution in [0.1, 0.15) is 37.7 Å². The standard InChI is InChI=1S/C16H18F2OS/c17-14-6-1-3-10(16(14)18)9-15(19)11-7-12-4-2-5-13(8-11)20-12/h1,3,6,11-13H,2,4-5,7-9H2. The summed E-state index contributed by atoms with van der Waals surface area (Å²) >= 11 is 2.02. The smallest absolute Gasteiger partial charge is 0.162 e. The van der Waals surface area contributed by atoms with Crippen molar-refractivity contribution in [3.05, 3.63) is 35.4 Å². The van der Waals surface area contributed by atoms with Gasteiger partial charge in [0.2, 0.25) is 0 Å². The van der Waals surface area contributed by atoms with E-state index in [1.807, 2.05) is 11.8 Å². The molecular weight excluding hydrogens is 278 g/mol. The Morgan fingerprint density at radius 1 is 1.20 bits per heavy atom. The summed E-state index contributed by atoms with van der Waals surface area (Å²) in [7, 11) is 0. The molecule has 0 radical (unpaired) electrons. The Hall–Kier alpha value is -0.900. The molecule has 2 saturated heterocycles. The fourth-order valence-corrected chi connectivity index (χ4v) is 5.18. The summed E-state index contributed by atoms with van der Waals surface area (Å²) < 4.78 is 26.8. The molecule has 2 heterocycles. The number of hydrogen-bond donors (Lipinski definition) is 0. The van der Waals surface area contributed by atoms with E-state index < -0.39 is 11.6 Å². The van der Waals surface area contributed by atoms with E-state index in [2.05, 4.69) is 0 Å². The molecule has 0 N–H and O–H groups in total. The predicted molar refractivity (Wildman–Crippen MR) is 76.8 cm³/mol. The SMILES string of the molecule is O=C(Cc1cccc(F)c1F)C1CC2CCCC(C1)S2. The lowest BCUT2D eigenvalue weighted by atomic mass is 9.85. The molecule has 108 valence electrons. The van der Waals surface area contributed by atoms with Crippen LogP contribution in [0.25, 0.3) is 0 Å². The molecule has 0 spiro atoms. The van der Waals surface area contributed by atoms with Crippen molar-refractivity contribution in [3.63, 3.8) is 0 Å². The summed E-state index contributed by atoms with van der Waals surface area (Å²) in [6, 6.07) is 4.06. The van der Waals surface area contributed by atoms with Crippen LogP contribution in [0, 0.1) is 17.6 Å². The summed E-state index contributed by atoms with van der Waals surface area (Å²) in [6.07, 6.45) is 5.51. The van der Waals surface area contributed by atoms with Crippen LogP contribution in [0.15, 0.2) is 18.2 Å². The maximum Gasteiger partial charge on any atom is 0.162 e. The van der Waals surface area contributed by atoms with E-state index in [1.54, 1.807) is 0 Å². The van der Waals surface area contributed by atoms with Crippen molar-refractivity contribution >= 4 is 17.5 Å². The first-order chi connectivity index (χ1) is 9.63. The van der Waals surface area contributed by atoms with Gasteiger partial charge in [-0.2, -0.15) is 11.8 Å². The number of carbonyl (C=O) groups excluding carboxylic acids is 1. The van der Waals surface area contributed by atoms with Gasteiger partial charge in [-0.1, -0.05) is 18.6 Å². The number of Topliss-reactive ketones (excluding diaryl/α,β-unsaturated/α-hetero) is 1. The molecular formula is C16H18F2OS. The maximum atomic E-state index is 13.6. The third-order valence-corrected chi connectivity index (χ3v) is 6.01. The van der Waals surface area contributed by atoms with Gasteiger partial charge in [0.25, 0.3) is 0 Å². The number of rotatable bonds is 3. The molecule has 0 amide bonds. The van der Waals surface area contributed by atoms with Crippen LogP contribution in [-0.2, 0) is 11.2 Å². The zero-order valence-electron chi connectivity index (χ0n) is 11.3. The second-order valence-corrected chi connectivity index (χ2v) is 7.44. The van der Waals surface area contributed by atoms with Gasteiger partial charge in [-0.25, -0.2) is 8.78 Å². The zero-order chi connectivity index (χ0) is 14.1. The monoisotopic (exact) mass is 296 g/mol. The van der Waals surface area contributed by atoms with Crippen LogP contribution in [0.5, 0.6) is 0 Å². The van der Waals surface area contributed by atoms with Crippen LogP contribution in [0.3, 0.4) is 0 Å². The van der Waals surface area contributed by atoms with Crippen LogP contribution in [-0.4, -0.2) is 16.3 Å². The van der Waals surface area contributed by atoms with Crippen LogP contribution in [0.2, 0.25) is 0 Å². The van der Waals surface area contributed by atoms with E-state index in [4.69, 9.17) is 0 Å². The fraction of sp³-hybridized carbons (Fsp3) is 0.562. The molecule has 2 fully saturated rings. The molecule has 1 aromatic carbocycles.